The normalized spacial score (nSPS) is 10.7. The van der Waals surface area contributed by atoms with E-state index in [9.17, 15) is 9.59 Å². The Labute approximate surface area is 172 Å². The number of carbonyl (C=O) groups excluding carboxylic acids is 2. The van der Waals surface area contributed by atoms with Gasteiger partial charge in [-0.05, 0) is 24.3 Å². The highest BCUT2D eigenvalue weighted by Gasteiger charge is 2.14. The number of amides is 2. The number of hydrogen-bond donors (Lipinski definition) is 2. The van der Waals surface area contributed by atoms with Gasteiger partial charge >= 0.3 is 0 Å². The molecule has 7 heteroatoms. The van der Waals surface area contributed by atoms with Crippen LogP contribution in [0.1, 0.15) is 31.1 Å². The highest BCUT2D eigenvalue weighted by Crippen LogP contribution is 2.29. The Hall–Kier alpha value is -2.64. The Morgan fingerprint density at radius 1 is 1.04 bits per heavy atom. The second kappa shape index (κ2) is 9.03. The average molecular weight is 412 g/mol. The van der Waals surface area contributed by atoms with Crippen LogP contribution in [0.5, 0.6) is 0 Å². The third-order valence-corrected chi connectivity index (χ3v) is 5.56. The van der Waals surface area contributed by atoms with E-state index in [-0.39, 0.29) is 11.8 Å². The number of nitrogens with one attached hydrogen (secondary N) is 2. The molecule has 3 aromatic rings. The first-order valence-corrected chi connectivity index (χ1v) is 10.6. The predicted molar refractivity (Wildman–Crippen MR) is 117 cm³/mol. The molecular formula is C21H21N3O2S2. The molecule has 0 aliphatic heterocycles. The Morgan fingerprint density at radius 3 is 2.43 bits per heavy atom. The number of thiazole rings is 1. The van der Waals surface area contributed by atoms with E-state index in [1.54, 1.807) is 11.8 Å². The van der Waals surface area contributed by atoms with Crippen molar-refractivity contribution in [3.05, 3.63) is 59.5 Å². The van der Waals surface area contributed by atoms with E-state index in [1.807, 2.05) is 53.9 Å². The van der Waals surface area contributed by atoms with E-state index in [4.69, 9.17) is 0 Å². The summed E-state index contributed by atoms with van der Waals surface area (Å²) in [5.41, 5.74) is 3.08. The second-order valence-corrected chi connectivity index (χ2v) is 8.89. The minimum Gasteiger partial charge on any atom is -0.326 e. The quantitative estimate of drug-likeness (QED) is 0.524. The molecule has 1 heterocycles. The van der Waals surface area contributed by atoms with Crippen LogP contribution < -0.4 is 10.6 Å². The first kappa shape index (κ1) is 20.1. The molecule has 144 valence electrons. The Balaban J connectivity index is 1.73. The van der Waals surface area contributed by atoms with Gasteiger partial charge in [0.25, 0.3) is 5.91 Å². The van der Waals surface area contributed by atoms with E-state index >= 15 is 0 Å². The third-order valence-electron chi connectivity index (χ3n) is 3.72. The van der Waals surface area contributed by atoms with Gasteiger partial charge in [-0.2, -0.15) is 0 Å². The summed E-state index contributed by atoms with van der Waals surface area (Å²) in [7, 11) is 0. The van der Waals surface area contributed by atoms with Gasteiger partial charge in [-0.3, -0.25) is 14.9 Å². The van der Waals surface area contributed by atoms with Gasteiger partial charge in [0.15, 0.2) is 5.13 Å². The van der Waals surface area contributed by atoms with E-state index in [0.717, 1.165) is 21.8 Å². The van der Waals surface area contributed by atoms with Crippen molar-refractivity contribution in [3.63, 3.8) is 0 Å². The minimum atomic E-state index is -0.161. The zero-order chi connectivity index (χ0) is 20.1. The molecule has 2 amide bonds. The minimum absolute atomic E-state index is 0.109. The fraction of sp³-hybridized carbons (Fsp3) is 0.190. The smallest absolute Gasteiger partial charge is 0.258 e. The Kier molecular flexibility index (Phi) is 6.49. The van der Waals surface area contributed by atoms with Crippen LogP contribution in [0, 0.1) is 0 Å². The van der Waals surface area contributed by atoms with Gasteiger partial charge in [0.05, 0.1) is 11.3 Å². The molecule has 0 saturated carbocycles. The molecule has 0 aliphatic rings. The largest absolute Gasteiger partial charge is 0.326 e. The van der Waals surface area contributed by atoms with Crippen LogP contribution >= 0.6 is 23.1 Å². The first-order valence-electron chi connectivity index (χ1n) is 8.83. The van der Waals surface area contributed by atoms with Crippen LogP contribution in [0.25, 0.3) is 11.3 Å². The predicted octanol–water partition coefficient (Wildman–Crippen LogP) is 5.52. The van der Waals surface area contributed by atoms with Gasteiger partial charge in [0, 0.05) is 33.7 Å². The Morgan fingerprint density at radius 2 is 1.75 bits per heavy atom. The van der Waals surface area contributed by atoms with Crippen molar-refractivity contribution >= 4 is 45.7 Å². The van der Waals surface area contributed by atoms with Gasteiger partial charge in [0.1, 0.15) is 0 Å². The molecule has 0 unspecified atom stereocenters. The molecule has 3 rings (SSSR count). The number of anilines is 2. The second-order valence-electron chi connectivity index (χ2n) is 6.41. The summed E-state index contributed by atoms with van der Waals surface area (Å²) >= 11 is 3.05. The molecule has 0 spiro atoms. The van der Waals surface area contributed by atoms with E-state index < -0.39 is 0 Å². The number of hydrogen-bond acceptors (Lipinski definition) is 5. The van der Waals surface area contributed by atoms with Crippen LogP contribution in [0.3, 0.4) is 0 Å². The van der Waals surface area contributed by atoms with Crippen molar-refractivity contribution in [2.75, 3.05) is 10.6 Å². The maximum absolute atomic E-state index is 12.7. The maximum atomic E-state index is 12.7. The lowest BCUT2D eigenvalue weighted by Gasteiger charge is -2.10. The van der Waals surface area contributed by atoms with Crippen molar-refractivity contribution < 1.29 is 9.59 Å². The third kappa shape index (κ3) is 5.21. The van der Waals surface area contributed by atoms with Crippen LogP contribution in [0.4, 0.5) is 10.8 Å². The summed E-state index contributed by atoms with van der Waals surface area (Å²) in [6, 6.07) is 15.0. The topological polar surface area (TPSA) is 71.1 Å². The molecule has 1 aromatic heterocycles. The lowest BCUT2D eigenvalue weighted by Crippen LogP contribution is -2.13. The van der Waals surface area contributed by atoms with Crippen LogP contribution in [0.2, 0.25) is 0 Å². The Bertz CT molecular complexity index is 981. The summed E-state index contributed by atoms with van der Waals surface area (Å²) in [6.07, 6.45) is 0. The monoisotopic (exact) mass is 411 g/mol. The lowest BCUT2D eigenvalue weighted by molar-refractivity contribution is -0.114. The standard InChI is InChI=1S/C21H21N3O2S2/c1-13(2)28-19-7-5-4-6-17(19)20(26)24-21-23-18(12-27-21)15-8-10-16(11-9-15)22-14(3)25/h4-13H,1-3H3,(H,22,25)(H,23,24,26). The summed E-state index contributed by atoms with van der Waals surface area (Å²) < 4.78 is 0. The number of carbonyl (C=O) groups is 2. The highest BCUT2D eigenvalue weighted by molar-refractivity contribution is 8.00. The summed E-state index contributed by atoms with van der Waals surface area (Å²) in [4.78, 5) is 29.3. The van der Waals surface area contributed by atoms with E-state index in [1.165, 1.54) is 18.3 Å². The van der Waals surface area contributed by atoms with Gasteiger partial charge < -0.3 is 5.32 Å². The average Bonchev–Trinajstić information content (AvgIpc) is 3.10. The zero-order valence-corrected chi connectivity index (χ0v) is 17.5. The molecule has 0 radical (unpaired) electrons. The molecule has 5 nitrogen and oxygen atoms in total. The van der Waals surface area contributed by atoms with Gasteiger partial charge in [-0.15, -0.1) is 23.1 Å². The molecule has 0 aliphatic carbocycles. The van der Waals surface area contributed by atoms with E-state index in [2.05, 4.69) is 29.5 Å². The van der Waals surface area contributed by atoms with Crippen molar-refractivity contribution in [2.24, 2.45) is 0 Å². The number of benzene rings is 2. The molecule has 0 saturated heterocycles. The fourth-order valence-corrected chi connectivity index (χ4v) is 4.23. The van der Waals surface area contributed by atoms with E-state index in [0.29, 0.717) is 15.9 Å². The van der Waals surface area contributed by atoms with Gasteiger partial charge in [-0.25, -0.2) is 4.98 Å². The highest BCUT2D eigenvalue weighted by atomic mass is 32.2. The number of aromatic nitrogens is 1. The van der Waals surface area contributed by atoms with Crippen LogP contribution in [-0.4, -0.2) is 22.0 Å². The molecule has 28 heavy (non-hydrogen) atoms. The molecule has 0 fully saturated rings. The van der Waals surface area contributed by atoms with Gasteiger partial charge in [-0.1, -0.05) is 38.1 Å². The lowest BCUT2D eigenvalue weighted by atomic mass is 10.1. The van der Waals surface area contributed by atoms with Crippen molar-refractivity contribution in [2.45, 2.75) is 30.9 Å². The van der Waals surface area contributed by atoms with Crippen LogP contribution in [0.15, 0.2) is 58.8 Å². The summed E-state index contributed by atoms with van der Waals surface area (Å²) in [5.74, 6) is -0.270. The van der Waals surface area contributed by atoms with Crippen molar-refractivity contribution in [3.8, 4) is 11.3 Å². The SMILES string of the molecule is CC(=O)Nc1ccc(-c2csc(NC(=O)c3ccccc3SC(C)C)n2)cc1. The molecular weight excluding hydrogens is 390 g/mol. The summed E-state index contributed by atoms with van der Waals surface area (Å²) in [5, 5.41) is 8.47. The molecule has 0 atom stereocenters. The number of nitrogens with zero attached hydrogens (tertiary/aromatic N) is 1. The number of thioether (sulfide) groups is 1. The molecule has 2 N–H and O–H groups in total. The van der Waals surface area contributed by atoms with Crippen LogP contribution in [-0.2, 0) is 4.79 Å². The molecule has 2 aromatic carbocycles. The van der Waals surface area contributed by atoms with Gasteiger partial charge in [0.2, 0.25) is 5.91 Å². The maximum Gasteiger partial charge on any atom is 0.258 e. The summed E-state index contributed by atoms with van der Waals surface area (Å²) in [6.45, 7) is 5.68. The first-order chi connectivity index (χ1) is 13.4. The number of rotatable bonds is 6. The van der Waals surface area contributed by atoms with Crippen molar-refractivity contribution in [1.29, 1.82) is 0 Å². The molecule has 0 bridgehead atoms. The zero-order valence-electron chi connectivity index (χ0n) is 15.9. The van der Waals surface area contributed by atoms with Crippen molar-refractivity contribution in [1.82, 2.24) is 4.98 Å². The fourth-order valence-electron chi connectivity index (χ4n) is 2.57.